The first-order chi connectivity index (χ1) is 21.7. The van der Waals surface area contributed by atoms with Gasteiger partial charge in [-0.15, -0.1) is 0 Å². The first-order valence-corrected chi connectivity index (χ1v) is 15.2. The van der Waals surface area contributed by atoms with Crippen molar-refractivity contribution in [1.29, 1.82) is 0 Å². The molecule has 0 radical (unpaired) electrons. The van der Waals surface area contributed by atoms with E-state index in [2.05, 4.69) is 35.2 Å². The number of halogens is 2. The van der Waals surface area contributed by atoms with Crippen LogP contribution in [0, 0.1) is 5.82 Å². The van der Waals surface area contributed by atoms with E-state index in [1.165, 1.54) is 6.07 Å². The minimum absolute atomic E-state index is 0.0466. The predicted molar refractivity (Wildman–Crippen MR) is 164 cm³/mol. The number of H-pyrrole nitrogens is 1. The van der Waals surface area contributed by atoms with Gasteiger partial charge in [0.25, 0.3) is 5.79 Å². The number of nitrogens with zero attached hydrogens (tertiary/aromatic N) is 5. The summed E-state index contributed by atoms with van der Waals surface area (Å²) < 4.78 is 39.7. The summed E-state index contributed by atoms with van der Waals surface area (Å²) in [5.74, 6) is 0.312. The van der Waals surface area contributed by atoms with Crippen molar-refractivity contribution in [1.82, 2.24) is 29.6 Å². The Bertz CT molecular complexity index is 1930. The second kappa shape index (κ2) is 11.6. The number of piperidine rings is 1. The summed E-state index contributed by atoms with van der Waals surface area (Å²) in [6.45, 7) is 6.65. The lowest BCUT2D eigenvalue weighted by Gasteiger charge is -2.32. The summed E-state index contributed by atoms with van der Waals surface area (Å²) >= 11 is 5.98. The summed E-state index contributed by atoms with van der Waals surface area (Å²) in [7, 11) is 1.68. The highest BCUT2D eigenvalue weighted by molar-refractivity contribution is 6.30. The van der Waals surface area contributed by atoms with Crippen molar-refractivity contribution in [2.45, 2.75) is 57.6 Å². The van der Waals surface area contributed by atoms with Gasteiger partial charge in [-0.05, 0) is 69.1 Å². The molecule has 2 atom stereocenters. The Hall–Kier alpha value is -4.26. The molecule has 1 saturated heterocycles. The van der Waals surface area contributed by atoms with Crippen molar-refractivity contribution in [3.8, 4) is 22.9 Å². The second-order valence-corrected chi connectivity index (χ2v) is 12.1. The molecule has 5 heterocycles. The lowest BCUT2D eigenvalue weighted by molar-refractivity contribution is -0.0712. The van der Waals surface area contributed by atoms with E-state index in [1.807, 2.05) is 25.1 Å². The van der Waals surface area contributed by atoms with E-state index in [0.29, 0.717) is 52.1 Å². The third kappa shape index (κ3) is 5.58. The molecule has 5 aromatic rings. The molecule has 1 fully saturated rings. The highest BCUT2D eigenvalue weighted by Gasteiger charge is 2.43. The maximum absolute atomic E-state index is 14.8. The summed E-state index contributed by atoms with van der Waals surface area (Å²) in [4.78, 5) is 26.0. The van der Waals surface area contributed by atoms with E-state index < -0.39 is 17.4 Å². The number of methoxy groups -OCH3 is 1. The Kier molecular flexibility index (Phi) is 7.58. The zero-order valence-electron chi connectivity index (χ0n) is 25.0. The van der Waals surface area contributed by atoms with Gasteiger partial charge in [0.15, 0.2) is 23.0 Å². The number of hydrogen-bond donors (Lipinski definition) is 1. The molecule has 0 spiro atoms. The minimum atomic E-state index is -1.29. The van der Waals surface area contributed by atoms with Gasteiger partial charge in [-0.3, -0.25) is 14.4 Å². The number of benzene rings is 2. The highest BCUT2D eigenvalue weighted by atomic mass is 35.5. The second-order valence-electron chi connectivity index (χ2n) is 11.7. The van der Waals surface area contributed by atoms with Crippen molar-refractivity contribution >= 4 is 22.8 Å². The number of aromatic amines is 1. The molecule has 13 heteroatoms. The number of imidazole rings is 1. The number of fused-ring (bicyclic) bond motifs is 2. The molecule has 1 N–H and O–H groups in total. The smallest absolute Gasteiger partial charge is 0.439 e. The predicted octanol–water partition coefficient (Wildman–Crippen LogP) is 5.63. The average Bonchev–Trinajstić information content (AvgIpc) is 3.71. The molecular formula is C32H32ClFN6O5. The molecule has 45 heavy (non-hydrogen) atoms. The molecule has 3 aromatic heterocycles. The molecular weight excluding hydrogens is 603 g/mol. The van der Waals surface area contributed by atoms with Crippen LogP contribution < -0.4 is 15.2 Å². The maximum Gasteiger partial charge on any atom is 0.439 e. The number of nitrogens with one attached hydrogen (secondary N) is 1. The minimum Gasteiger partial charge on any atom is -0.444 e. The Morgan fingerprint density at radius 1 is 1.20 bits per heavy atom. The van der Waals surface area contributed by atoms with Crippen LogP contribution in [0.3, 0.4) is 0 Å². The van der Waals surface area contributed by atoms with Gasteiger partial charge < -0.3 is 18.8 Å². The molecule has 2 unspecified atom stereocenters. The van der Waals surface area contributed by atoms with Gasteiger partial charge in [0.2, 0.25) is 0 Å². The molecule has 0 saturated carbocycles. The molecule has 0 aliphatic carbocycles. The first kappa shape index (κ1) is 29.5. The van der Waals surface area contributed by atoms with E-state index in [9.17, 15) is 9.18 Å². The number of pyridine rings is 1. The third-order valence-corrected chi connectivity index (χ3v) is 8.88. The normalized spacial score (nSPS) is 19.4. The van der Waals surface area contributed by atoms with Crippen LogP contribution in [0.1, 0.15) is 49.6 Å². The Balaban J connectivity index is 1.09. The fourth-order valence-corrected chi connectivity index (χ4v) is 6.38. The molecule has 0 bridgehead atoms. The number of ether oxygens (including phenoxy) is 3. The largest absolute Gasteiger partial charge is 0.444 e. The number of rotatable bonds is 8. The van der Waals surface area contributed by atoms with E-state index in [-0.39, 0.29) is 12.0 Å². The topological polar surface area (TPSA) is 121 Å². The van der Waals surface area contributed by atoms with E-state index in [1.54, 1.807) is 32.4 Å². The Labute approximate surface area is 262 Å². The van der Waals surface area contributed by atoms with Gasteiger partial charge in [-0.25, -0.2) is 19.2 Å². The molecule has 2 aliphatic heterocycles. The Morgan fingerprint density at radius 3 is 2.76 bits per heavy atom. The quantitative estimate of drug-likeness (QED) is 0.232. The lowest BCUT2D eigenvalue weighted by atomic mass is 9.88. The van der Waals surface area contributed by atoms with Crippen molar-refractivity contribution < 1.29 is 23.1 Å². The van der Waals surface area contributed by atoms with Crippen LogP contribution in [-0.2, 0) is 23.6 Å². The summed E-state index contributed by atoms with van der Waals surface area (Å²) in [5, 5.41) is 4.09. The summed E-state index contributed by atoms with van der Waals surface area (Å²) in [6, 6.07) is 12.3. The zero-order chi connectivity index (χ0) is 31.3. The van der Waals surface area contributed by atoms with Crippen LogP contribution in [0.4, 0.5) is 4.39 Å². The SMILES string of the molecule is COC(C)Cn1c(CN2CCC(c3cccc4c3OC(C)(c3ccc(Cl)cc3F)O4)CC2)nc2cc(-c3noc(=O)[nH]3)cnc21. The third-order valence-electron chi connectivity index (χ3n) is 8.64. The van der Waals surface area contributed by atoms with Gasteiger partial charge in [0.05, 0.1) is 24.8 Å². The van der Waals surface area contributed by atoms with Crippen molar-refractivity contribution in [3.63, 3.8) is 0 Å². The first-order valence-electron chi connectivity index (χ1n) is 14.8. The number of aromatic nitrogens is 5. The van der Waals surface area contributed by atoms with Crippen LogP contribution in [-0.4, -0.2) is 55.9 Å². The van der Waals surface area contributed by atoms with Gasteiger partial charge in [0.1, 0.15) is 17.2 Å². The number of para-hydroxylation sites is 1. The van der Waals surface area contributed by atoms with Crippen LogP contribution in [0.2, 0.25) is 5.02 Å². The number of likely N-dealkylation sites (tertiary alicyclic amines) is 1. The zero-order valence-corrected chi connectivity index (χ0v) is 25.8. The standard InChI is InChI=1S/C32H32ClFN6O5/c1-18(42-3)16-40-27(36-25-13-20(15-35-30(25)40)29-37-31(41)45-38-29)17-39-11-9-19(10-12-39)22-5-4-6-26-28(22)44-32(2,43-26)23-8-7-21(33)14-24(23)34/h4-8,13-15,18-19H,9-12,16-17H2,1-3H3,(H,37,38,41). The van der Waals surface area contributed by atoms with Crippen molar-refractivity contribution in [3.05, 3.63) is 87.0 Å². The molecule has 234 valence electrons. The number of hydrogen-bond acceptors (Lipinski definition) is 9. The van der Waals surface area contributed by atoms with E-state index in [4.69, 9.17) is 30.8 Å². The summed E-state index contributed by atoms with van der Waals surface area (Å²) in [5.41, 5.74) is 3.40. The molecule has 7 rings (SSSR count). The lowest BCUT2D eigenvalue weighted by Crippen LogP contribution is -2.34. The molecule has 2 aliphatic rings. The fourth-order valence-electron chi connectivity index (χ4n) is 6.22. The van der Waals surface area contributed by atoms with E-state index >= 15 is 0 Å². The maximum atomic E-state index is 14.8. The van der Waals surface area contributed by atoms with Gasteiger partial charge in [-0.2, -0.15) is 0 Å². The van der Waals surface area contributed by atoms with Crippen molar-refractivity contribution in [2.24, 2.45) is 0 Å². The average molecular weight is 635 g/mol. The monoisotopic (exact) mass is 634 g/mol. The van der Waals surface area contributed by atoms with Gasteiger partial charge in [0, 0.05) is 36.4 Å². The molecule has 0 amide bonds. The van der Waals surface area contributed by atoms with E-state index in [0.717, 1.165) is 43.0 Å². The molecule has 2 aromatic carbocycles. The van der Waals surface area contributed by atoms with Crippen LogP contribution in [0.25, 0.3) is 22.6 Å². The van der Waals surface area contributed by atoms with Crippen molar-refractivity contribution in [2.75, 3.05) is 20.2 Å². The van der Waals surface area contributed by atoms with Crippen LogP contribution in [0.5, 0.6) is 11.5 Å². The molecule has 11 nitrogen and oxygen atoms in total. The van der Waals surface area contributed by atoms with Crippen LogP contribution >= 0.6 is 11.6 Å². The summed E-state index contributed by atoms with van der Waals surface area (Å²) in [6.07, 6.45) is 3.41. The Morgan fingerprint density at radius 2 is 2.02 bits per heavy atom. The van der Waals surface area contributed by atoms with Gasteiger partial charge >= 0.3 is 5.76 Å². The highest BCUT2D eigenvalue weighted by Crippen LogP contribution is 2.49. The fraction of sp³-hybridized carbons (Fsp3) is 0.375. The van der Waals surface area contributed by atoms with Crippen LogP contribution in [0.15, 0.2) is 58.0 Å². The van der Waals surface area contributed by atoms with Gasteiger partial charge in [-0.1, -0.05) is 28.9 Å².